The average Bonchev–Trinajstić information content (AvgIpc) is 4.03. The Balaban J connectivity index is 1.09. The molecule has 1 aromatic carbocycles. The fraction of sp³-hybridized carbons (Fsp3) is 0.600. The number of ether oxygens (including phenoxy) is 2. The topological polar surface area (TPSA) is 215 Å². The van der Waals surface area contributed by atoms with Gasteiger partial charge in [-0.15, -0.1) is 0 Å². The summed E-state index contributed by atoms with van der Waals surface area (Å²) in [7, 11) is 2.43. The van der Waals surface area contributed by atoms with E-state index in [1.165, 1.54) is 33.6 Å². The molecule has 3 aromatic rings. The number of aliphatic hydroxyl groups is 2. The summed E-state index contributed by atoms with van der Waals surface area (Å²) >= 11 is 0. The molecule has 2 saturated heterocycles. The van der Waals surface area contributed by atoms with E-state index in [4.69, 9.17) is 4.98 Å². The highest BCUT2D eigenvalue weighted by Crippen LogP contribution is 2.48. The van der Waals surface area contributed by atoms with E-state index in [1.807, 2.05) is 6.20 Å². The Morgan fingerprint density at radius 3 is 1.70 bits per heavy atom. The third kappa shape index (κ3) is 8.26. The standard InChI is InChI=1S/C40H56N8O8/c1-23(49)31(45-37(53)55-5)35(51)47-19-7-9-28(47)33-41-21-27(43-33)25-11-13-26(14-12-25)39(3)15-17-40(4,18-16-39)30-22-42-34(44-30)29-10-8-20-48(29)36(52)32(24(2)50)46-38(54)56-6/h11-14,21-24,28-29,31-32,49-50H,7-10,15-20H2,1-6H3,(H,41,43)(H,42,44)(H,45,53)(H,46,54)/t23-,24-,28-,29-,31-,32-,39?,40?/m0/s1. The number of rotatable bonds is 11. The van der Waals surface area contributed by atoms with Gasteiger partial charge in [0, 0.05) is 30.4 Å². The summed E-state index contributed by atoms with van der Waals surface area (Å²) in [5.74, 6) is 0.622. The minimum Gasteiger partial charge on any atom is -0.453 e. The zero-order chi connectivity index (χ0) is 40.4. The molecule has 16 heteroatoms. The quantitative estimate of drug-likeness (QED) is 0.164. The number of amides is 4. The number of nitrogens with zero attached hydrogens (tertiary/aromatic N) is 4. The van der Waals surface area contributed by atoms with Crippen molar-refractivity contribution in [3.8, 4) is 11.3 Å². The number of carbonyl (C=O) groups excluding carboxylic acids is 4. The van der Waals surface area contributed by atoms with Crippen molar-refractivity contribution in [2.75, 3.05) is 27.3 Å². The lowest BCUT2D eigenvalue weighted by atomic mass is 9.62. The first-order chi connectivity index (χ1) is 26.7. The van der Waals surface area contributed by atoms with Crippen LogP contribution >= 0.6 is 0 Å². The molecular formula is C40H56N8O8. The van der Waals surface area contributed by atoms with Crippen LogP contribution in [0.2, 0.25) is 0 Å². The van der Waals surface area contributed by atoms with Gasteiger partial charge >= 0.3 is 12.2 Å². The maximum atomic E-state index is 13.5. The fourth-order valence-corrected chi connectivity index (χ4v) is 8.57. The Labute approximate surface area is 327 Å². The van der Waals surface area contributed by atoms with Crippen LogP contribution in [0.1, 0.15) is 114 Å². The second-order valence-corrected chi connectivity index (χ2v) is 16.2. The maximum Gasteiger partial charge on any atom is 0.407 e. The van der Waals surface area contributed by atoms with Crippen LogP contribution in [0.5, 0.6) is 0 Å². The highest BCUT2D eigenvalue weighted by Gasteiger charge is 2.43. The molecule has 4 amide bonds. The van der Waals surface area contributed by atoms with E-state index >= 15 is 0 Å². The van der Waals surface area contributed by atoms with Gasteiger partial charge in [-0.3, -0.25) is 9.59 Å². The number of carbonyl (C=O) groups is 4. The van der Waals surface area contributed by atoms with Crippen molar-refractivity contribution in [2.45, 2.75) is 126 Å². The molecule has 1 aliphatic carbocycles. The van der Waals surface area contributed by atoms with Gasteiger partial charge in [-0.05, 0) is 81.8 Å². The van der Waals surface area contributed by atoms with Gasteiger partial charge in [0.1, 0.15) is 23.7 Å². The number of nitrogens with one attached hydrogen (secondary N) is 4. The van der Waals surface area contributed by atoms with Gasteiger partial charge in [-0.1, -0.05) is 38.1 Å². The Morgan fingerprint density at radius 2 is 1.21 bits per heavy atom. The molecule has 0 unspecified atom stereocenters. The lowest BCUT2D eigenvalue weighted by Gasteiger charge is -2.43. The number of likely N-dealkylation sites (tertiary alicyclic amines) is 2. The normalized spacial score (nSPS) is 25.9. The predicted octanol–water partition coefficient (Wildman–Crippen LogP) is 4.13. The van der Waals surface area contributed by atoms with Gasteiger partial charge < -0.3 is 50.1 Å². The lowest BCUT2D eigenvalue weighted by molar-refractivity contribution is -0.137. The Hall–Kier alpha value is -4.96. The molecule has 16 nitrogen and oxygen atoms in total. The summed E-state index contributed by atoms with van der Waals surface area (Å²) in [5.41, 5.74) is 3.97. The molecule has 2 aliphatic heterocycles. The van der Waals surface area contributed by atoms with Gasteiger partial charge in [0.2, 0.25) is 11.8 Å². The summed E-state index contributed by atoms with van der Waals surface area (Å²) in [6.07, 6.45) is 6.75. The molecule has 2 aromatic heterocycles. The number of aliphatic hydroxyl groups excluding tert-OH is 2. The van der Waals surface area contributed by atoms with E-state index in [0.29, 0.717) is 31.2 Å². The minimum absolute atomic E-state index is 0.0271. The first-order valence-corrected chi connectivity index (χ1v) is 19.6. The molecule has 56 heavy (non-hydrogen) atoms. The number of methoxy groups -OCH3 is 2. The monoisotopic (exact) mass is 776 g/mol. The van der Waals surface area contributed by atoms with Crippen molar-refractivity contribution in [3.63, 3.8) is 0 Å². The first-order valence-electron chi connectivity index (χ1n) is 19.6. The van der Waals surface area contributed by atoms with Crippen molar-refractivity contribution in [1.82, 2.24) is 40.4 Å². The SMILES string of the molecule is COC(=O)N[C@H](C(=O)N1CCC[C@H]1c1ncc(-c2ccc(C3(C)CCC(C)(c4cnc([C@@H]5CCCN5C(=O)[C@@H](NC(=O)OC)[C@H](C)O)[nH]4)CC3)cc2)[nH]1)[C@H](C)O. The molecule has 0 spiro atoms. The van der Waals surface area contributed by atoms with Crippen LogP contribution in [0.4, 0.5) is 9.59 Å². The van der Waals surface area contributed by atoms with E-state index < -0.39 is 36.5 Å². The molecule has 0 bridgehead atoms. The van der Waals surface area contributed by atoms with Crippen molar-refractivity contribution in [1.29, 1.82) is 0 Å². The molecule has 304 valence electrons. The van der Waals surface area contributed by atoms with Crippen molar-refractivity contribution < 1.29 is 38.9 Å². The maximum absolute atomic E-state index is 13.5. The Bertz CT molecular complexity index is 1860. The molecule has 6 rings (SSSR count). The van der Waals surface area contributed by atoms with E-state index in [2.05, 4.69) is 73.2 Å². The van der Waals surface area contributed by atoms with Gasteiger partial charge in [-0.2, -0.15) is 0 Å². The molecular weight excluding hydrogens is 720 g/mol. The third-order valence-electron chi connectivity index (χ3n) is 12.3. The Morgan fingerprint density at radius 1 is 0.750 bits per heavy atom. The summed E-state index contributed by atoms with van der Waals surface area (Å²) < 4.78 is 9.32. The van der Waals surface area contributed by atoms with Crippen LogP contribution in [0.15, 0.2) is 36.7 Å². The predicted molar refractivity (Wildman–Crippen MR) is 205 cm³/mol. The summed E-state index contributed by atoms with van der Waals surface area (Å²) in [6.45, 7) is 8.51. The smallest absolute Gasteiger partial charge is 0.407 e. The molecule has 3 aliphatic rings. The average molecular weight is 777 g/mol. The van der Waals surface area contributed by atoms with Crippen molar-refractivity contribution >= 4 is 24.0 Å². The minimum atomic E-state index is -1.13. The van der Waals surface area contributed by atoms with Crippen LogP contribution in [0.25, 0.3) is 11.3 Å². The number of aromatic amines is 2. The molecule has 1 saturated carbocycles. The van der Waals surface area contributed by atoms with Gasteiger partial charge in [0.25, 0.3) is 0 Å². The largest absolute Gasteiger partial charge is 0.453 e. The number of aromatic nitrogens is 4. The number of hydrogen-bond acceptors (Lipinski definition) is 10. The van der Waals surface area contributed by atoms with Crippen molar-refractivity contribution in [2.24, 2.45) is 0 Å². The second kappa shape index (κ2) is 16.6. The fourth-order valence-electron chi connectivity index (χ4n) is 8.57. The highest BCUT2D eigenvalue weighted by molar-refractivity contribution is 5.87. The van der Waals surface area contributed by atoms with Gasteiger partial charge in [0.05, 0.1) is 50.4 Å². The number of alkyl carbamates (subject to hydrolysis) is 2. The van der Waals surface area contributed by atoms with Crippen LogP contribution in [0.3, 0.4) is 0 Å². The zero-order valence-electron chi connectivity index (χ0n) is 33.1. The molecule has 3 fully saturated rings. The van der Waals surface area contributed by atoms with E-state index in [1.54, 1.807) is 16.0 Å². The van der Waals surface area contributed by atoms with E-state index in [9.17, 15) is 29.4 Å². The summed E-state index contributed by atoms with van der Waals surface area (Å²) in [5, 5.41) is 25.5. The Kier molecular flexibility index (Phi) is 12.1. The second-order valence-electron chi connectivity index (χ2n) is 16.2. The van der Waals surface area contributed by atoms with Crippen LogP contribution in [0, 0.1) is 0 Å². The highest BCUT2D eigenvalue weighted by atomic mass is 16.5. The van der Waals surface area contributed by atoms with Crippen LogP contribution in [-0.2, 0) is 29.9 Å². The van der Waals surface area contributed by atoms with Crippen LogP contribution in [-0.4, -0.2) is 116 Å². The number of benzene rings is 1. The summed E-state index contributed by atoms with van der Waals surface area (Å²) in [4.78, 5) is 70.4. The van der Waals surface area contributed by atoms with E-state index in [-0.39, 0.29) is 34.7 Å². The van der Waals surface area contributed by atoms with Crippen LogP contribution < -0.4 is 10.6 Å². The molecule has 6 N–H and O–H groups in total. The van der Waals surface area contributed by atoms with E-state index in [0.717, 1.165) is 61.9 Å². The number of imidazole rings is 2. The van der Waals surface area contributed by atoms with Gasteiger partial charge in [0.15, 0.2) is 0 Å². The lowest BCUT2D eigenvalue weighted by Crippen LogP contribution is -2.53. The number of H-pyrrole nitrogens is 2. The zero-order valence-corrected chi connectivity index (χ0v) is 33.1. The molecule has 6 atom stereocenters. The third-order valence-corrected chi connectivity index (χ3v) is 12.3. The number of hydrogen-bond donors (Lipinski definition) is 6. The first kappa shape index (κ1) is 40.7. The molecule has 4 heterocycles. The summed E-state index contributed by atoms with van der Waals surface area (Å²) in [6, 6.07) is 5.74. The van der Waals surface area contributed by atoms with Gasteiger partial charge in [-0.25, -0.2) is 19.6 Å². The van der Waals surface area contributed by atoms with Crippen molar-refractivity contribution in [3.05, 3.63) is 59.6 Å². The molecule has 0 radical (unpaired) electrons.